The van der Waals surface area contributed by atoms with Gasteiger partial charge >= 0.3 is 24.3 Å². The van der Waals surface area contributed by atoms with Crippen LogP contribution in [0.3, 0.4) is 0 Å². The number of nitrogens with zero attached hydrogens (tertiary/aromatic N) is 3. The third-order valence-corrected chi connectivity index (χ3v) is 6.64. The lowest BCUT2D eigenvalue weighted by Crippen LogP contribution is -2.49. The largest absolute Gasteiger partial charge is 0.490 e. The molecule has 0 aliphatic carbocycles. The third kappa shape index (κ3) is 13.6. The van der Waals surface area contributed by atoms with Gasteiger partial charge in [-0.15, -0.1) is 0 Å². The maximum absolute atomic E-state index is 12.1. The molecule has 2 N–H and O–H groups in total. The Bertz CT molecular complexity index is 757. The summed E-state index contributed by atoms with van der Waals surface area (Å²) in [4.78, 5) is 36.5. The van der Waals surface area contributed by atoms with Crippen LogP contribution in [0.25, 0.3) is 0 Å². The molecule has 0 saturated carbocycles. The monoisotopic (exact) mass is 581 g/mol. The average Bonchev–Trinajstić information content (AvgIpc) is 3.03. The fraction of sp³-hybridized carbons (Fsp3) is 0.870. The van der Waals surface area contributed by atoms with E-state index in [4.69, 9.17) is 29.3 Å². The molecule has 3 saturated heterocycles. The number of carboxylic acids is 2. The van der Waals surface area contributed by atoms with E-state index in [0.717, 1.165) is 58.5 Å². The minimum Gasteiger partial charge on any atom is -0.475 e. The Hall–Kier alpha value is -2.17. The molecule has 0 aromatic carbocycles. The van der Waals surface area contributed by atoms with Gasteiger partial charge in [0.05, 0.1) is 19.8 Å². The molecule has 3 aliphatic rings. The molecule has 0 aromatic rings. The Morgan fingerprint density at radius 2 is 1.33 bits per heavy atom. The highest BCUT2D eigenvalue weighted by molar-refractivity contribution is 5.77. The average molecular weight is 582 g/mol. The number of ether oxygens (including phenoxy) is 2. The number of carbonyl (C=O) groups excluding carboxylic acids is 1. The van der Waals surface area contributed by atoms with E-state index in [9.17, 15) is 31.1 Å². The number of alkyl halides is 6. The van der Waals surface area contributed by atoms with E-state index < -0.39 is 24.3 Å². The maximum Gasteiger partial charge on any atom is 0.490 e. The predicted molar refractivity (Wildman–Crippen MR) is 125 cm³/mol. The van der Waals surface area contributed by atoms with Crippen LogP contribution in [0.2, 0.25) is 0 Å². The molecule has 1 amide bonds. The summed E-state index contributed by atoms with van der Waals surface area (Å²) in [7, 11) is 3.67. The van der Waals surface area contributed by atoms with Crippen LogP contribution in [0.4, 0.5) is 26.3 Å². The van der Waals surface area contributed by atoms with Gasteiger partial charge in [-0.05, 0) is 44.7 Å². The van der Waals surface area contributed by atoms with Crippen molar-refractivity contribution in [2.24, 2.45) is 11.3 Å². The Morgan fingerprint density at radius 3 is 1.77 bits per heavy atom. The molecule has 3 aliphatic heterocycles. The van der Waals surface area contributed by atoms with Crippen LogP contribution in [-0.4, -0.2) is 135 Å². The lowest BCUT2D eigenvalue weighted by molar-refractivity contribution is -0.193. The molecule has 0 unspecified atom stereocenters. The van der Waals surface area contributed by atoms with E-state index >= 15 is 0 Å². The number of likely N-dealkylation sites (tertiary alicyclic amines) is 1. The van der Waals surface area contributed by atoms with Crippen LogP contribution in [-0.2, 0) is 23.9 Å². The molecule has 228 valence electrons. The Kier molecular flexibility index (Phi) is 13.9. The number of carboxylic acid groups (broad SMARTS) is 2. The van der Waals surface area contributed by atoms with Crippen molar-refractivity contribution in [1.82, 2.24) is 14.7 Å². The number of rotatable bonds is 4. The predicted octanol–water partition coefficient (Wildman–Crippen LogP) is 2.18. The molecule has 0 atom stereocenters. The van der Waals surface area contributed by atoms with Crippen molar-refractivity contribution in [1.29, 1.82) is 0 Å². The number of carbonyl (C=O) groups is 3. The second-order valence-electron chi connectivity index (χ2n) is 10.0. The van der Waals surface area contributed by atoms with Crippen molar-refractivity contribution in [3.8, 4) is 0 Å². The highest BCUT2D eigenvalue weighted by atomic mass is 19.4. The summed E-state index contributed by atoms with van der Waals surface area (Å²) in [5, 5.41) is 14.2. The van der Waals surface area contributed by atoms with E-state index in [1.807, 2.05) is 14.1 Å². The minimum absolute atomic E-state index is 0.189. The summed E-state index contributed by atoms with van der Waals surface area (Å²) < 4.78 is 74.9. The first-order valence-electron chi connectivity index (χ1n) is 12.4. The zero-order chi connectivity index (χ0) is 29.9. The highest BCUT2D eigenvalue weighted by Crippen LogP contribution is 2.35. The van der Waals surface area contributed by atoms with Crippen LogP contribution >= 0.6 is 0 Å². The van der Waals surface area contributed by atoms with Crippen molar-refractivity contribution in [3.05, 3.63) is 0 Å². The highest BCUT2D eigenvalue weighted by Gasteiger charge is 2.40. The van der Waals surface area contributed by atoms with E-state index in [1.54, 1.807) is 4.90 Å². The van der Waals surface area contributed by atoms with Crippen LogP contribution in [0.15, 0.2) is 0 Å². The number of hydrogen-bond acceptors (Lipinski definition) is 7. The van der Waals surface area contributed by atoms with E-state index in [1.165, 1.54) is 32.2 Å². The normalized spacial score (nSPS) is 21.0. The van der Waals surface area contributed by atoms with Crippen molar-refractivity contribution >= 4 is 17.8 Å². The van der Waals surface area contributed by atoms with Gasteiger partial charge in [0.15, 0.2) is 0 Å². The van der Waals surface area contributed by atoms with Gasteiger partial charge in [-0.2, -0.15) is 26.3 Å². The minimum atomic E-state index is -5.08. The van der Waals surface area contributed by atoms with Gasteiger partial charge < -0.3 is 29.5 Å². The van der Waals surface area contributed by atoms with Gasteiger partial charge in [-0.3, -0.25) is 9.69 Å². The summed E-state index contributed by atoms with van der Waals surface area (Å²) >= 11 is 0. The van der Waals surface area contributed by atoms with E-state index in [-0.39, 0.29) is 11.3 Å². The molecule has 39 heavy (non-hydrogen) atoms. The van der Waals surface area contributed by atoms with Gasteiger partial charge in [0.25, 0.3) is 0 Å². The standard InChI is InChI=1S/C19H35N3O3.2C2HF3O2/c1-20(2)18(23)14-22-9-12-25-16-19(15-22)5-7-21(8-6-19)13-17-3-10-24-11-4-17;2*3-2(4,5)1(6)7/h17H,3-16H2,1-2H3;2*(H,6,7). The van der Waals surface area contributed by atoms with Gasteiger partial charge in [0.2, 0.25) is 5.91 Å². The number of piperidine rings is 1. The summed E-state index contributed by atoms with van der Waals surface area (Å²) in [5.41, 5.74) is 0.231. The van der Waals surface area contributed by atoms with E-state index in [2.05, 4.69) is 9.80 Å². The van der Waals surface area contributed by atoms with Crippen molar-refractivity contribution in [3.63, 3.8) is 0 Å². The first kappa shape index (κ1) is 34.9. The molecule has 0 aromatic heterocycles. The lowest BCUT2D eigenvalue weighted by Gasteiger charge is -2.43. The van der Waals surface area contributed by atoms with Crippen molar-refractivity contribution in [2.45, 2.75) is 38.0 Å². The van der Waals surface area contributed by atoms with Crippen LogP contribution in [0.1, 0.15) is 25.7 Å². The molecule has 1 spiro atoms. The van der Waals surface area contributed by atoms with Gasteiger partial charge in [-0.1, -0.05) is 0 Å². The quantitative estimate of drug-likeness (QED) is 0.482. The zero-order valence-electron chi connectivity index (χ0n) is 22.0. The van der Waals surface area contributed by atoms with Gasteiger partial charge in [0, 0.05) is 52.4 Å². The van der Waals surface area contributed by atoms with Crippen LogP contribution in [0, 0.1) is 11.3 Å². The van der Waals surface area contributed by atoms with Crippen molar-refractivity contribution in [2.75, 3.05) is 79.8 Å². The number of likely N-dealkylation sites (N-methyl/N-ethyl adjacent to an activating group) is 1. The summed E-state index contributed by atoms with van der Waals surface area (Å²) in [6.07, 6.45) is -5.37. The topological polar surface area (TPSA) is 120 Å². The number of amides is 1. The summed E-state index contributed by atoms with van der Waals surface area (Å²) in [5.74, 6) is -4.52. The smallest absolute Gasteiger partial charge is 0.475 e. The number of halogens is 6. The Labute approximate surface area is 222 Å². The molecule has 10 nitrogen and oxygen atoms in total. The molecule has 16 heteroatoms. The molecule has 3 rings (SSSR count). The fourth-order valence-corrected chi connectivity index (χ4v) is 4.36. The molecule has 3 heterocycles. The first-order valence-corrected chi connectivity index (χ1v) is 12.4. The zero-order valence-corrected chi connectivity index (χ0v) is 22.0. The van der Waals surface area contributed by atoms with E-state index in [0.29, 0.717) is 6.54 Å². The molecular formula is C23H37F6N3O7. The fourth-order valence-electron chi connectivity index (χ4n) is 4.36. The molecule has 0 bridgehead atoms. The molecule has 0 radical (unpaired) electrons. The van der Waals surface area contributed by atoms with Crippen LogP contribution in [0.5, 0.6) is 0 Å². The lowest BCUT2D eigenvalue weighted by atomic mass is 9.78. The van der Waals surface area contributed by atoms with Gasteiger partial charge in [0.1, 0.15) is 0 Å². The van der Waals surface area contributed by atoms with Crippen LogP contribution < -0.4 is 0 Å². The summed E-state index contributed by atoms with van der Waals surface area (Å²) in [6, 6.07) is 0. The number of hydrogen-bond donors (Lipinski definition) is 2. The second kappa shape index (κ2) is 15.6. The SMILES string of the molecule is CN(C)C(=O)CN1CCOCC2(CCN(CC3CCOCC3)CC2)C1.O=C(O)C(F)(F)F.O=C(O)C(F)(F)F. The number of aliphatic carboxylic acids is 2. The summed E-state index contributed by atoms with van der Waals surface area (Å²) in [6.45, 7) is 9.40. The van der Waals surface area contributed by atoms with Crippen molar-refractivity contribution < 1.29 is 60.4 Å². The third-order valence-electron chi connectivity index (χ3n) is 6.64. The maximum atomic E-state index is 12.1. The Morgan fingerprint density at radius 1 is 0.846 bits per heavy atom. The first-order chi connectivity index (χ1) is 17.9. The Balaban J connectivity index is 0.000000449. The molecular weight excluding hydrogens is 544 g/mol. The van der Waals surface area contributed by atoms with Gasteiger partial charge in [-0.25, -0.2) is 9.59 Å². The second-order valence-corrected chi connectivity index (χ2v) is 10.0. The molecule has 3 fully saturated rings.